The lowest BCUT2D eigenvalue weighted by molar-refractivity contribution is -0.117. The van der Waals surface area contributed by atoms with Crippen molar-refractivity contribution in [3.8, 4) is 28.0 Å². The molecule has 0 saturated heterocycles. The zero-order valence-electron chi connectivity index (χ0n) is 32.8. The van der Waals surface area contributed by atoms with Gasteiger partial charge in [-0.25, -0.2) is 19.6 Å². The van der Waals surface area contributed by atoms with Gasteiger partial charge in [0.1, 0.15) is 18.8 Å². The number of ether oxygens (including phenoxy) is 1. The predicted molar refractivity (Wildman–Crippen MR) is 224 cm³/mol. The summed E-state index contributed by atoms with van der Waals surface area (Å²) in [5.74, 6) is -0.276. The van der Waals surface area contributed by atoms with Gasteiger partial charge in [-0.1, -0.05) is 36.4 Å². The zero-order chi connectivity index (χ0) is 42.2. The number of nitrogens with zero attached hydrogens (tertiary/aromatic N) is 9. The SMILES string of the molecule is COc1ccc(Cn2c(=O)c3c(ncn3CC(=O)Nc3ccc(-c4cccnc4)cc3)n(C)c2=O)cc1-c1ccc(NC(=O)Cn2cnc3c2c(=O)n(C)c(=O)n3C)cc1. The van der Waals surface area contributed by atoms with Crippen LogP contribution in [-0.4, -0.2) is 61.3 Å². The molecule has 18 nitrogen and oxygen atoms in total. The van der Waals surface area contributed by atoms with E-state index in [1.165, 1.54) is 59.2 Å². The maximum atomic E-state index is 14.0. The average Bonchev–Trinajstić information content (AvgIpc) is 3.88. The molecule has 0 atom stereocenters. The molecule has 5 heterocycles. The maximum Gasteiger partial charge on any atom is 0.332 e. The number of aryl methyl sites for hydroxylation is 2. The Morgan fingerprint density at radius 1 is 0.650 bits per heavy atom. The molecule has 60 heavy (non-hydrogen) atoms. The first-order chi connectivity index (χ1) is 28.9. The quantitative estimate of drug-likeness (QED) is 0.196. The molecule has 302 valence electrons. The summed E-state index contributed by atoms with van der Waals surface area (Å²) in [5, 5.41) is 5.67. The highest BCUT2D eigenvalue weighted by Gasteiger charge is 2.20. The predicted octanol–water partition coefficient (Wildman–Crippen LogP) is 2.71. The van der Waals surface area contributed by atoms with Crippen LogP contribution in [0.25, 0.3) is 44.6 Å². The molecule has 5 aromatic heterocycles. The highest BCUT2D eigenvalue weighted by atomic mass is 16.5. The standard InChI is InChI=1S/C42H37N11O7/c1-48-37-35(39(56)50(3)41(48)58)51(23-44-37)21-33(54)47-30-14-10-27(11-15-30)31-18-25(7-16-32(31)60-4)20-53-40(57)36-38(49(2)42(53)59)45-24-52(36)22-34(55)46-29-12-8-26(9-13-29)28-6-5-17-43-19-28/h5-19,23-24H,20-22H2,1-4H3,(H,46,55)(H,47,54). The minimum atomic E-state index is -0.607. The fraction of sp³-hybridized carbons (Fsp3) is 0.167. The molecule has 0 bridgehead atoms. The summed E-state index contributed by atoms with van der Waals surface area (Å²) in [6.07, 6.45) is 6.16. The number of nitrogens with one attached hydrogen (secondary N) is 2. The number of fused-ring (bicyclic) bond motifs is 2. The molecule has 0 aliphatic rings. The maximum absolute atomic E-state index is 14.0. The van der Waals surface area contributed by atoms with Gasteiger partial charge in [-0.2, -0.15) is 0 Å². The van der Waals surface area contributed by atoms with Crippen LogP contribution in [0.2, 0.25) is 0 Å². The van der Waals surface area contributed by atoms with Gasteiger partial charge in [0.05, 0.1) is 26.3 Å². The van der Waals surface area contributed by atoms with Gasteiger partial charge < -0.3 is 24.5 Å². The van der Waals surface area contributed by atoms with Crippen molar-refractivity contribution >= 4 is 45.5 Å². The molecule has 0 aliphatic heterocycles. The number of carbonyl (C=O) groups excluding carboxylic acids is 2. The van der Waals surface area contributed by atoms with Crippen LogP contribution in [-0.2, 0) is 50.4 Å². The van der Waals surface area contributed by atoms with Gasteiger partial charge in [-0.3, -0.25) is 42.4 Å². The molecule has 0 radical (unpaired) electrons. The number of benzene rings is 3. The Kier molecular flexibility index (Phi) is 10.1. The van der Waals surface area contributed by atoms with Crippen LogP contribution in [0.5, 0.6) is 5.75 Å². The van der Waals surface area contributed by atoms with Gasteiger partial charge in [-0.15, -0.1) is 0 Å². The smallest absolute Gasteiger partial charge is 0.332 e. The number of carbonyl (C=O) groups is 2. The number of amides is 2. The lowest BCUT2D eigenvalue weighted by atomic mass is 10.0. The number of methoxy groups -OCH3 is 1. The second-order valence-electron chi connectivity index (χ2n) is 14.1. The Hall–Kier alpha value is -8.15. The minimum Gasteiger partial charge on any atom is -0.496 e. The third kappa shape index (κ3) is 7.17. The van der Waals surface area contributed by atoms with E-state index in [9.17, 15) is 28.8 Å². The number of pyridine rings is 1. The molecular formula is C42H37N11O7. The summed E-state index contributed by atoms with van der Waals surface area (Å²) < 4.78 is 13.0. The summed E-state index contributed by atoms with van der Waals surface area (Å²) in [6.45, 7) is -0.532. The van der Waals surface area contributed by atoms with Crippen molar-refractivity contribution in [2.75, 3.05) is 17.7 Å². The van der Waals surface area contributed by atoms with Gasteiger partial charge in [0.2, 0.25) is 11.8 Å². The normalized spacial score (nSPS) is 11.3. The summed E-state index contributed by atoms with van der Waals surface area (Å²) in [6, 6.07) is 23.4. The molecule has 0 spiro atoms. The molecule has 0 unspecified atom stereocenters. The van der Waals surface area contributed by atoms with Gasteiger partial charge in [0.25, 0.3) is 11.1 Å². The number of aromatic nitrogens is 9. The second kappa shape index (κ2) is 15.7. The molecule has 2 N–H and O–H groups in total. The van der Waals surface area contributed by atoms with Gasteiger partial charge in [0.15, 0.2) is 22.3 Å². The Balaban J connectivity index is 0.995. The number of rotatable bonds is 11. The van der Waals surface area contributed by atoms with E-state index in [0.29, 0.717) is 28.3 Å². The number of anilines is 2. The topological polar surface area (TPSA) is 204 Å². The van der Waals surface area contributed by atoms with E-state index < -0.39 is 28.4 Å². The van der Waals surface area contributed by atoms with Crippen molar-refractivity contribution < 1.29 is 14.3 Å². The van der Waals surface area contributed by atoms with E-state index >= 15 is 0 Å². The van der Waals surface area contributed by atoms with Crippen LogP contribution in [0.4, 0.5) is 11.4 Å². The highest BCUT2D eigenvalue weighted by molar-refractivity contribution is 5.92. The first-order valence-corrected chi connectivity index (χ1v) is 18.5. The van der Waals surface area contributed by atoms with Crippen molar-refractivity contribution in [1.29, 1.82) is 0 Å². The lowest BCUT2D eigenvalue weighted by Gasteiger charge is -2.14. The van der Waals surface area contributed by atoms with Crippen LogP contribution in [0.3, 0.4) is 0 Å². The van der Waals surface area contributed by atoms with E-state index in [0.717, 1.165) is 25.8 Å². The number of hydrogen-bond acceptors (Lipinski definition) is 10. The second-order valence-corrected chi connectivity index (χ2v) is 14.1. The highest BCUT2D eigenvalue weighted by Crippen LogP contribution is 2.32. The van der Waals surface area contributed by atoms with Crippen molar-refractivity contribution in [3.05, 3.63) is 151 Å². The van der Waals surface area contributed by atoms with Crippen molar-refractivity contribution in [3.63, 3.8) is 0 Å². The lowest BCUT2D eigenvalue weighted by Crippen LogP contribution is -2.40. The Labute approximate surface area is 339 Å². The van der Waals surface area contributed by atoms with Crippen LogP contribution in [0.15, 0.2) is 123 Å². The van der Waals surface area contributed by atoms with Crippen molar-refractivity contribution in [2.24, 2.45) is 21.1 Å². The summed E-state index contributed by atoms with van der Waals surface area (Å²) >= 11 is 0. The molecule has 2 amide bonds. The average molecular weight is 808 g/mol. The first kappa shape index (κ1) is 38.7. The van der Waals surface area contributed by atoms with Crippen LogP contribution >= 0.6 is 0 Å². The minimum absolute atomic E-state index is 0.0898. The molecule has 18 heteroatoms. The summed E-state index contributed by atoms with van der Waals surface area (Å²) in [4.78, 5) is 91.4. The van der Waals surface area contributed by atoms with Gasteiger partial charge in [-0.05, 0) is 64.7 Å². The zero-order valence-corrected chi connectivity index (χ0v) is 32.8. The molecule has 8 aromatic rings. The molecule has 0 aliphatic carbocycles. The molecular weight excluding hydrogens is 771 g/mol. The third-order valence-electron chi connectivity index (χ3n) is 10.2. The molecule has 0 saturated carbocycles. The van der Waals surface area contributed by atoms with E-state index in [1.54, 1.807) is 60.9 Å². The Morgan fingerprint density at radius 3 is 1.78 bits per heavy atom. The van der Waals surface area contributed by atoms with Crippen LogP contribution in [0.1, 0.15) is 5.56 Å². The van der Waals surface area contributed by atoms with E-state index in [-0.39, 0.29) is 47.9 Å². The number of imidazole rings is 2. The third-order valence-corrected chi connectivity index (χ3v) is 10.2. The largest absolute Gasteiger partial charge is 0.496 e. The fourth-order valence-electron chi connectivity index (χ4n) is 7.08. The Morgan fingerprint density at radius 2 is 1.22 bits per heavy atom. The van der Waals surface area contributed by atoms with Gasteiger partial charge >= 0.3 is 11.4 Å². The van der Waals surface area contributed by atoms with Crippen molar-refractivity contribution in [1.82, 2.24) is 42.4 Å². The Bertz CT molecular complexity index is 3210. The number of hydrogen-bond donors (Lipinski definition) is 2. The molecule has 0 fully saturated rings. The fourth-order valence-corrected chi connectivity index (χ4v) is 7.08. The molecule has 8 rings (SSSR count). The van der Waals surface area contributed by atoms with Crippen LogP contribution < -0.4 is 37.9 Å². The van der Waals surface area contributed by atoms with Crippen molar-refractivity contribution in [2.45, 2.75) is 19.6 Å². The summed E-state index contributed by atoms with van der Waals surface area (Å²) in [5.41, 5.74) is 3.23. The van der Waals surface area contributed by atoms with E-state index in [1.807, 2.05) is 30.3 Å². The van der Waals surface area contributed by atoms with Crippen LogP contribution in [0, 0.1) is 0 Å². The van der Waals surface area contributed by atoms with Gasteiger partial charge in [0, 0.05) is 50.5 Å². The van der Waals surface area contributed by atoms with E-state index in [4.69, 9.17) is 4.74 Å². The molecule has 3 aromatic carbocycles. The first-order valence-electron chi connectivity index (χ1n) is 18.5. The summed E-state index contributed by atoms with van der Waals surface area (Å²) in [7, 11) is 5.91. The van der Waals surface area contributed by atoms with E-state index in [2.05, 4.69) is 25.6 Å². The monoisotopic (exact) mass is 807 g/mol.